The monoisotopic (exact) mass is 224 g/mol. The van der Waals surface area contributed by atoms with Gasteiger partial charge in [-0.25, -0.2) is 15.8 Å². The quantitative estimate of drug-likeness (QED) is 0.587. The molecule has 0 spiro atoms. The van der Waals surface area contributed by atoms with Gasteiger partial charge in [0, 0.05) is 24.8 Å². The first kappa shape index (κ1) is 12.9. The average molecular weight is 224 g/mol. The first-order chi connectivity index (χ1) is 7.58. The minimum Gasteiger partial charge on any atom is -0.384 e. The second kappa shape index (κ2) is 5.77. The minimum atomic E-state index is 0.163. The molecule has 0 bridgehead atoms. The van der Waals surface area contributed by atoms with Crippen LogP contribution >= 0.6 is 0 Å². The molecule has 0 aliphatic heterocycles. The number of anilines is 1. The molecule has 0 amide bonds. The predicted octanol–water partition coefficient (Wildman–Crippen LogP) is 1.64. The molecule has 1 rings (SSSR count). The summed E-state index contributed by atoms with van der Waals surface area (Å²) < 4.78 is 5.10. The third-order valence-electron chi connectivity index (χ3n) is 2.36. The molecular weight excluding hydrogens is 204 g/mol. The summed E-state index contributed by atoms with van der Waals surface area (Å²) in [5.74, 6) is 7.32. The fourth-order valence-electron chi connectivity index (χ4n) is 1.40. The summed E-state index contributed by atoms with van der Waals surface area (Å²) in [6, 6.07) is 1.87. The molecule has 0 saturated carbocycles. The molecule has 1 aromatic rings. The van der Waals surface area contributed by atoms with E-state index in [9.17, 15) is 0 Å². The first-order valence-corrected chi connectivity index (χ1v) is 5.43. The van der Waals surface area contributed by atoms with E-state index in [1.165, 1.54) is 0 Å². The van der Waals surface area contributed by atoms with Crippen molar-refractivity contribution >= 4 is 5.82 Å². The first-order valence-electron chi connectivity index (χ1n) is 5.43. The van der Waals surface area contributed by atoms with E-state index in [0.29, 0.717) is 18.3 Å². The van der Waals surface area contributed by atoms with E-state index in [4.69, 9.17) is 10.6 Å². The van der Waals surface area contributed by atoms with Gasteiger partial charge in [0.05, 0.1) is 6.61 Å². The van der Waals surface area contributed by atoms with E-state index in [0.717, 1.165) is 11.5 Å². The third-order valence-corrected chi connectivity index (χ3v) is 2.36. The van der Waals surface area contributed by atoms with Crippen LogP contribution in [0.3, 0.4) is 0 Å². The molecule has 3 N–H and O–H groups in total. The van der Waals surface area contributed by atoms with Crippen LogP contribution in [0.25, 0.3) is 0 Å². The summed E-state index contributed by atoms with van der Waals surface area (Å²) in [4.78, 5) is 8.84. The Labute approximate surface area is 96.4 Å². The lowest BCUT2D eigenvalue weighted by atomic mass is 10.1. The Morgan fingerprint density at radius 3 is 2.56 bits per heavy atom. The summed E-state index contributed by atoms with van der Waals surface area (Å²) in [6.07, 6.45) is 0. The van der Waals surface area contributed by atoms with E-state index in [2.05, 4.69) is 29.2 Å². The summed E-state index contributed by atoms with van der Waals surface area (Å²) in [6.45, 7) is 6.82. The van der Waals surface area contributed by atoms with Gasteiger partial charge >= 0.3 is 0 Å². The van der Waals surface area contributed by atoms with Crippen molar-refractivity contribution in [3.8, 4) is 0 Å². The Morgan fingerprint density at radius 2 is 2.06 bits per heavy atom. The van der Waals surface area contributed by atoms with Crippen LogP contribution in [0.4, 0.5) is 5.82 Å². The van der Waals surface area contributed by atoms with Crippen molar-refractivity contribution in [1.82, 2.24) is 9.97 Å². The smallest absolute Gasteiger partial charge is 0.143 e. The van der Waals surface area contributed by atoms with Gasteiger partial charge in [-0.1, -0.05) is 20.8 Å². The normalized spacial score (nSPS) is 12.9. The second-order valence-electron chi connectivity index (χ2n) is 4.19. The Morgan fingerprint density at radius 1 is 1.38 bits per heavy atom. The molecule has 0 saturated heterocycles. The Kier molecular flexibility index (Phi) is 4.64. The molecule has 0 aliphatic carbocycles. The number of ether oxygens (including phenoxy) is 1. The highest BCUT2D eigenvalue weighted by Crippen LogP contribution is 2.19. The lowest BCUT2D eigenvalue weighted by molar-refractivity contribution is 0.181. The molecule has 1 unspecified atom stereocenters. The molecule has 0 fully saturated rings. The molecule has 1 atom stereocenters. The number of methoxy groups -OCH3 is 1. The molecule has 5 heteroatoms. The number of hydrogen-bond donors (Lipinski definition) is 2. The number of hydrogen-bond acceptors (Lipinski definition) is 5. The highest BCUT2D eigenvalue weighted by atomic mass is 16.5. The van der Waals surface area contributed by atoms with Crippen LogP contribution in [0.2, 0.25) is 0 Å². The summed E-state index contributed by atoms with van der Waals surface area (Å²) in [5.41, 5.74) is 3.55. The van der Waals surface area contributed by atoms with Gasteiger partial charge in [0.15, 0.2) is 0 Å². The fraction of sp³-hybridized carbons (Fsp3) is 0.636. The Bertz CT molecular complexity index is 341. The molecule has 5 nitrogen and oxygen atoms in total. The zero-order valence-electron chi connectivity index (χ0n) is 10.3. The number of nitrogens with zero attached hydrogens (tertiary/aromatic N) is 2. The van der Waals surface area contributed by atoms with Gasteiger partial charge in [-0.15, -0.1) is 0 Å². The molecule has 1 aromatic heterocycles. The van der Waals surface area contributed by atoms with Gasteiger partial charge in [0.25, 0.3) is 0 Å². The van der Waals surface area contributed by atoms with E-state index < -0.39 is 0 Å². The standard InChI is InChI=1S/C11H20N4O/c1-7(2)9-5-10(15-12)14-11(13-9)8(3)6-16-4/h5,7-8H,6,12H2,1-4H3,(H,13,14,15). The van der Waals surface area contributed by atoms with Gasteiger partial charge in [-0.2, -0.15) is 0 Å². The van der Waals surface area contributed by atoms with Crippen LogP contribution in [-0.4, -0.2) is 23.7 Å². The van der Waals surface area contributed by atoms with Crippen LogP contribution in [-0.2, 0) is 4.74 Å². The van der Waals surface area contributed by atoms with Crippen molar-refractivity contribution in [1.29, 1.82) is 0 Å². The van der Waals surface area contributed by atoms with Crippen molar-refractivity contribution in [2.24, 2.45) is 5.84 Å². The van der Waals surface area contributed by atoms with E-state index in [-0.39, 0.29) is 5.92 Å². The lowest BCUT2D eigenvalue weighted by Crippen LogP contribution is -2.14. The molecule has 0 radical (unpaired) electrons. The van der Waals surface area contributed by atoms with Crippen molar-refractivity contribution in [2.45, 2.75) is 32.6 Å². The number of nitrogens with one attached hydrogen (secondary N) is 1. The Balaban J connectivity index is 3.03. The molecule has 0 aromatic carbocycles. The topological polar surface area (TPSA) is 73.1 Å². The lowest BCUT2D eigenvalue weighted by Gasteiger charge is -2.13. The van der Waals surface area contributed by atoms with E-state index in [1.807, 2.05) is 13.0 Å². The second-order valence-corrected chi connectivity index (χ2v) is 4.19. The average Bonchev–Trinajstić information content (AvgIpc) is 2.28. The maximum Gasteiger partial charge on any atom is 0.143 e. The zero-order chi connectivity index (χ0) is 12.1. The number of rotatable bonds is 5. The number of nitrogen functional groups attached to an aromatic ring is 1. The van der Waals surface area contributed by atoms with Crippen molar-refractivity contribution < 1.29 is 4.74 Å². The molecule has 0 aliphatic rings. The van der Waals surface area contributed by atoms with Crippen LogP contribution in [0, 0.1) is 0 Å². The van der Waals surface area contributed by atoms with Crippen LogP contribution in [0.15, 0.2) is 6.07 Å². The molecule has 16 heavy (non-hydrogen) atoms. The number of hydrazine groups is 1. The highest BCUT2D eigenvalue weighted by molar-refractivity contribution is 5.35. The predicted molar refractivity (Wildman–Crippen MR) is 64.2 cm³/mol. The van der Waals surface area contributed by atoms with Gasteiger partial charge in [0.1, 0.15) is 11.6 Å². The van der Waals surface area contributed by atoms with Crippen molar-refractivity contribution in [3.05, 3.63) is 17.6 Å². The van der Waals surface area contributed by atoms with Crippen LogP contribution in [0.1, 0.15) is 44.1 Å². The van der Waals surface area contributed by atoms with Gasteiger partial charge in [-0.05, 0) is 5.92 Å². The van der Waals surface area contributed by atoms with Crippen molar-refractivity contribution in [3.63, 3.8) is 0 Å². The third kappa shape index (κ3) is 3.15. The SMILES string of the molecule is COCC(C)c1nc(NN)cc(C(C)C)n1. The van der Waals surface area contributed by atoms with Gasteiger partial charge in [0.2, 0.25) is 0 Å². The fourth-order valence-corrected chi connectivity index (χ4v) is 1.40. The van der Waals surface area contributed by atoms with Gasteiger partial charge in [-0.3, -0.25) is 0 Å². The Hall–Kier alpha value is -1.20. The largest absolute Gasteiger partial charge is 0.384 e. The van der Waals surface area contributed by atoms with Crippen molar-refractivity contribution in [2.75, 3.05) is 19.1 Å². The number of aromatic nitrogens is 2. The molecular formula is C11H20N4O. The molecule has 1 heterocycles. The number of nitrogens with two attached hydrogens (primary N) is 1. The zero-order valence-corrected chi connectivity index (χ0v) is 10.3. The highest BCUT2D eigenvalue weighted by Gasteiger charge is 2.12. The summed E-state index contributed by atoms with van der Waals surface area (Å²) >= 11 is 0. The maximum atomic E-state index is 5.39. The van der Waals surface area contributed by atoms with E-state index >= 15 is 0 Å². The molecule has 90 valence electrons. The minimum absolute atomic E-state index is 0.163. The maximum absolute atomic E-state index is 5.39. The van der Waals surface area contributed by atoms with Gasteiger partial charge < -0.3 is 10.2 Å². The van der Waals surface area contributed by atoms with Crippen LogP contribution < -0.4 is 11.3 Å². The summed E-state index contributed by atoms with van der Waals surface area (Å²) in [7, 11) is 1.67. The summed E-state index contributed by atoms with van der Waals surface area (Å²) in [5, 5.41) is 0. The van der Waals surface area contributed by atoms with Crippen LogP contribution in [0.5, 0.6) is 0 Å². The van der Waals surface area contributed by atoms with E-state index in [1.54, 1.807) is 7.11 Å².